The number of fused-ring (bicyclic) bond motifs is 4. The minimum atomic E-state index is 0.375. The minimum absolute atomic E-state index is 0.375. The Balaban J connectivity index is 1.78. The SMILES string of the molecule is c1ccc2c(c1)OCC21CCCC2CCCCC21. The second kappa shape index (κ2) is 4.01. The van der Waals surface area contributed by atoms with E-state index in [4.69, 9.17) is 4.74 Å². The molecular formula is C17H22O. The Kier molecular flexibility index (Phi) is 2.43. The van der Waals surface area contributed by atoms with Crippen molar-refractivity contribution >= 4 is 0 Å². The maximum absolute atomic E-state index is 6.04. The van der Waals surface area contributed by atoms with Gasteiger partial charge in [-0.1, -0.05) is 50.3 Å². The van der Waals surface area contributed by atoms with Gasteiger partial charge >= 0.3 is 0 Å². The van der Waals surface area contributed by atoms with Gasteiger partial charge in [-0.3, -0.25) is 0 Å². The van der Waals surface area contributed by atoms with Crippen LogP contribution in [0, 0.1) is 11.8 Å². The molecule has 2 aliphatic carbocycles. The highest BCUT2D eigenvalue weighted by atomic mass is 16.5. The molecule has 1 aliphatic heterocycles. The molecule has 3 unspecified atom stereocenters. The summed E-state index contributed by atoms with van der Waals surface area (Å²) in [7, 11) is 0. The van der Waals surface area contributed by atoms with Crippen molar-refractivity contribution < 1.29 is 4.74 Å². The van der Waals surface area contributed by atoms with Crippen molar-refractivity contribution in [3.8, 4) is 5.75 Å². The molecule has 96 valence electrons. The van der Waals surface area contributed by atoms with Crippen LogP contribution in [0.25, 0.3) is 0 Å². The number of hydrogen-bond acceptors (Lipinski definition) is 1. The monoisotopic (exact) mass is 242 g/mol. The van der Waals surface area contributed by atoms with Crippen molar-refractivity contribution in [1.82, 2.24) is 0 Å². The molecule has 3 aliphatic rings. The first-order valence-electron chi connectivity index (χ1n) is 7.62. The van der Waals surface area contributed by atoms with Crippen LogP contribution in [0.5, 0.6) is 5.75 Å². The molecule has 0 aromatic heterocycles. The second-order valence-electron chi connectivity index (χ2n) is 6.48. The van der Waals surface area contributed by atoms with Gasteiger partial charge in [-0.15, -0.1) is 0 Å². The Morgan fingerprint density at radius 3 is 2.83 bits per heavy atom. The zero-order valence-corrected chi connectivity index (χ0v) is 11.0. The number of benzene rings is 1. The summed E-state index contributed by atoms with van der Waals surface area (Å²) < 4.78 is 6.04. The van der Waals surface area contributed by atoms with Crippen LogP contribution in [0.3, 0.4) is 0 Å². The van der Waals surface area contributed by atoms with E-state index in [1.807, 2.05) is 0 Å². The van der Waals surface area contributed by atoms with Gasteiger partial charge in [0.15, 0.2) is 0 Å². The molecule has 4 rings (SSSR count). The van der Waals surface area contributed by atoms with Crippen molar-refractivity contribution in [2.75, 3.05) is 6.61 Å². The fraction of sp³-hybridized carbons (Fsp3) is 0.647. The standard InChI is InChI=1S/C17H22O/c1-2-8-14-13(6-1)7-5-11-17(14)12-18-16-10-4-3-9-15(16)17/h3-4,9-10,13-14H,1-2,5-8,11-12H2. The van der Waals surface area contributed by atoms with Crippen LogP contribution in [0.4, 0.5) is 0 Å². The van der Waals surface area contributed by atoms with E-state index in [1.165, 1.54) is 56.3 Å². The summed E-state index contributed by atoms with van der Waals surface area (Å²) in [5.41, 5.74) is 1.90. The molecule has 0 radical (unpaired) electrons. The maximum atomic E-state index is 6.04. The van der Waals surface area contributed by atoms with E-state index >= 15 is 0 Å². The van der Waals surface area contributed by atoms with Crippen LogP contribution in [0.2, 0.25) is 0 Å². The van der Waals surface area contributed by atoms with Crippen LogP contribution in [0.15, 0.2) is 24.3 Å². The topological polar surface area (TPSA) is 9.23 Å². The van der Waals surface area contributed by atoms with E-state index in [0.29, 0.717) is 5.41 Å². The van der Waals surface area contributed by atoms with Crippen molar-refractivity contribution in [3.05, 3.63) is 29.8 Å². The van der Waals surface area contributed by atoms with Crippen LogP contribution >= 0.6 is 0 Å². The molecular weight excluding hydrogens is 220 g/mol. The van der Waals surface area contributed by atoms with Crippen molar-refractivity contribution in [2.45, 2.75) is 50.4 Å². The lowest BCUT2D eigenvalue weighted by Crippen LogP contribution is -2.45. The normalized spacial score (nSPS) is 38.0. The molecule has 1 aromatic rings. The van der Waals surface area contributed by atoms with Gasteiger partial charge in [0.1, 0.15) is 5.75 Å². The van der Waals surface area contributed by atoms with Gasteiger partial charge in [-0.05, 0) is 30.7 Å². The van der Waals surface area contributed by atoms with E-state index in [9.17, 15) is 0 Å². The van der Waals surface area contributed by atoms with E-state index in [1.54, 1.807) is 0 Å². The lowest BCUT2D eigenvalue weighted by molar-refractivity contribution is 0.0554. The van der Waals surface area contributed by atoms with Gasteiger partial charge in [-0.2, -0.15) is 0 Å². The Hall–Kier alpha value is -0.980. The van der Waals surface area contributed by atoms with E-state index in [0.717, 1.165) is 18.4 Å². The van der Waals surface area contributed by atoms with E-state index in [2.05, 4.69) is 24.3 Å². The second-order valence-corrected chi connectivity index (χ2v) is 6.48. The highest BCUT2D eigenvalue weighted by molar-refractivity contribution is 5.44. The average Bonchev–Trinajstić information content (AvgIpc) is 2.80. The van der Waals surface area contributed by atoms with Gasteiger partial charge in [0.25, 0.3) is 0 Å². The van der Waals surface area contributed by atoms with Crippen molar-refractivity contribution in [2.24, 2.45) is 11.8 Å². The zero-order valence-electron chi connectivity index (χ0n) is 11.0. The lowest BCUT2D eigenvalue weighted by atomic mass is 9.55. The molecule has 0 amide bonds. The first-order chi connectivity index (χ1) is 8.90. The molecule has 18 heavy (non-hydrogen) atoms. The number of ether oxygens (including phenoxy) is 1. The zero-order chi connectivity index (χ0) is 12.0. The van der Waals surface area contributed by atoms with E-state index < -0.39 is 0 Å². The quantitative estimate of drug-likeness (QED) is 0.659. The summed E-state index contributed by atoms with van der Waals surface area (Å²) in [6, 6.07) is 8.80. The third kappa shape index (κ3) is 1.39. The lowest BCUT2D eigenvalue weighted by Gasteiger charge is -2.48. The van der Waals surface area contributed by atoms with Gasteiger partial charge in [-0.25, -0.2) is 0 Å². The highest BCUT2D eigenvalue weighted by Gasteiger charge is 2.51. The fourth-order valence-corrected chi connectivity index (χ4v) is 4.95. The Labute approximate surface area is 110 Å². The molecule has 1 spiro atoms. The highest BCUT2D eigenvalue weighted by Crippen LogP contribution is 2.56. The fourth-order valence-electron chi connectivity index (χ4n) is 4.95. The molecule has 1 aromatic carbocycles. The molecule has 0 bridgehead atoms. The van der Waals surface area contributed by atoms with Gasteiger partial charge in [0.05, 0.1) is 6.61 Å². The van der Waals surface area contributed by atoms with Gasteiger partial charge in [0.2, 0.25) is 0 Å². The Morgan fingerprint density at radius 2 is 1.83 bits per heavy atom. The summed E-state index contributed by atoms with van der Waals surface area (Å²) in [5.74, 6) is 3.04. The van der Waals surface area contributed by atoms with Crippen molar-refractivity contribution in [1.29, 1.82) is 0 Å². The Bertz CT molecular complexity index is 447. The summed E-state index contributed by atoms with van der Waals surface area (Å²) in [6.07, 6.45) is 10.0. The summed E-state index contributed by atoms with van der Waals surface area (Å²) >= 11 is 0. The van der Waals surface area contributed by atoms with Crippen LogP contribution in [0.1, 0.15) is 50.5 Å². The third-order valence-electron chi connectivity index (χ3n) is 5.73. The molecule has 2 saturated carbocycles. The first-order valence-corrected chi connectivity index (χ1v) is 7.62. The molecule has 0 N–H and O–H groups in total. The molecule has 3 atom stereocenters. The largest absolute Gasteiger partial charge is 0.492 e. The number of para-hydroxylation sites is 1. The van der Waals surface area contributed by atoms with E-state index in [-0.39, 0.29) is 0 Å². The first kappa shape index (κ1) is 10.9. The smallest absolute Gasteiger partial charge is 0.123 e. The average molecular weight is 242 g/mol. The summed E-state index contributed by atoms with van der Waals surface area (Å²) in [4.78, 5) is 0. The minimum Gasteiger partial charge on any atom is -0.492 e. The van der Waals surface area contributed by atoms with Crippen LogP contribution in [-0.2, 0) is 5.41 Å². The number of rotatable bonds is 0. The third-order valence-corrected chi connectivity index (χ3v) is 5.73. The summed E-state index contributed by atoms with van der Waals surface area (Å²) in [5, 5.41) is 0. The van der Waals surface area contributed by atoms with Gasteiger partial charge < -0.3 is 4.74 Å². The van der Waals surface area contributed by atoms with Crippen LogP contribution < -0.4 is 4.74 Å². The number of hydrogen-bond donors (Lipinski definition) is 0. The van der Waals surface area contributed by atoms with Crippen molar-refractivity contribution in [3.63, 3.8) is 0 Å². The maximum Gasteiger partial charge on any atom is 0.123 e. The molecule has 1 heteroatoms. The predicted molar refractivity (Wildman–Crippen MR) is 72.9 cm³/mol. The molecule has 2 fully saturated rings. The molecule has 1 heterocycles. The Morgan fingerprint density at radius 1 is 1.00 bits per heavy atom. The van der Waals surface area contributed by atoms with Crippen LogP contribution in [-0.4, -0.2) is 6.61 Å². The molecule has 0 saturated heterocycles. The van der Waals surface area contributed by atoms with Gasteiger partial charge in [0, 0.05) is 11.0 Å². The predicted octanol–water partition coefficient (Wildman–Crippen LogP) is 4.31. The molecule has 1 nitrogen and oxygen atoms in total. The summed E-state index contributed by atoms with van der Waals surface area (Å²) in [6.45, 7) is 0.952.